The minimum atomic E-state index is -0.761. The molecule has 1 aromatic carbocycles. The highest BCUT2D eigenvalue weighted by Crippen LogP contribution is 2.25. The molecule has 2 amide bonds. The molecule has 0 aliphatic carbocycles. The van der Waals surface area contributed by atoms with Gasteiger partial charge in [-0.1, -0.05) is 0 Å². The van der Waals surface area contributed by atoms with E-state index in [1.54, 1.807) is 32.4 Å². The molecule has 3 rings (SSSR count). The first-order valence-electron chi connectivity index (χ1n) is 11.2. The molecule has 0 saturated carbocycles. The van der Waals surface area contributed by atoms with Gasteiger partial charge in [0.1, 0.15) is 17.5 Å². The number of piperidine rings is 1. The van der Waals surface area contributed by atoms with E-state index in [0.29, 0.717) is 43.4 Å². The SMILES string of the molecule is COc1ccc(OC)c(C[C@@H](NC(C)=O)C(=O)NC2CCN(c3nc(OC)nc(OC)n3)CC2)c1. The van der Waals surface area contributed by atoms with Crippen LogP contribution < -0.4 is 34.5 Å². The fourth-order valence-electron chi connectivity index (χ4n) is 3.89. The Morgan fingerprint density at radius 1 is 1.00 bits per heavy atom. The molecule has 1 atom stereocenters. The number of carbonyl (C=O) groups is 2. The molecule has 35 heavy (non-hydrogen) atoms. The molecule has 0 spiro atoms. The van der Waals surface area contributed by atoms with Crippen molar-refractivity contribution >= 4 is 17.8 Å². The highest BCUT2D eigenvalue weighted by atomic mass is 16.5. The molecule has 12 nitrogen and oxygen atoms in total. The second-order valence-electron chi connectivity index (χ2n) is 8.01. The Morgan fingerprint density at radius 3 is 2.20 bits per heavy atom. The molecule has 1 fully saturated rings. The largest absolute Gasteiger partial charge is 0.497 e. The average molecular weight is 489 g/mol. The molecule has 1 aromatic heterocycles. The lowest BCUT2D eigenvalue weighted by Gasteiger charge is -2.33. The quantitative estimate of drug-likeness (QED) is 0.493. The minimum Gasteiger partial charge on any atom is -0.497 e. The van der Waals surface area contributed by atoms with Gasteiger partial charge in [0.25, 0.3) is 0 Å². The summed E-state index contributed by atoms with van der Waals surface area (Å²) in [5, 5.41) is 5.83. The van der Waals surface area contributed by atoms with Crippen molar-refractivity contribution in [2.24, 2.45) is 0 Å². The lowest BCUT2D eigenvalue weighted by atomic mass is 10.0. The normalized spacial score (nSPS) is 14.6. The van der Waals surface area contributed by atoms with Crippen molar-refractivity contribution in [1.29, 1.82) is 0 Å². The molecular formula is C23H32N6O6. The van der Waals surface area contributed by atoms with E-state index in [1.165, 1.54) is 21.1 Å². The number of aromatic nitrogens is 3. The number of ether oxygens (including phenoxy) is 4. The van der Waals surface area contributed by atoms with Gasteiger partial charge in [-0.05, 0) is 31.0 Å². The van der Waals surface area contributed by atoms with Crippen LogP contribution in [0.2, 0.25) is 0 Å². The number of carbonyl (C=O) groups excluding carboxylic acids is 2. The molecule has 1 aliphatic rings. The van der Waals surface area contributed by atoms with Crippen LogP contribution in [0.15, 0.2) is 18.2 Å². The summed E-state index contributed by atoms with van der Waals surface area (Å²) < 4.78 is 21.0. The van der Waals surface area contributed by atoms with Crippen LogP contribution in [-0.4, -0.2) is 80.4 Å². The Labute approximate surface area is 204 Å². The molecule has 0 unspecified atom stereocenters. The van der Waals surface area contributed by atoms with Crippen LogP contribution in [0.1, 0.15) is 25.3 Å². The van der Waals surface area contributed by atoms with Crippen LogP contribution in [0, 0.1) is 0 Å². The van der Waals surface area contributed by atoms with E-state index in [9.17, 15) is 9.59 Å². The first-order chi connectivity index (χ1) is 16.9. The van der Waals surface area contributed by atoms with Gasteiger partial charge in [-0.25, -0.2) is 0 Å². The predicted octanol–water partition coefficient (Wildman–Crippen LogP) is 0.738. The second kappa shape index (κ2) is 12.0. The first kappa shape index (κ1) is 25.8. The lowest BCUT2D eigenvalue weighted by molar-refractivity contribution is -0.128. The number of methoxy groups -OCH3 is 4. The zero-order chi connectivity index (χ0) is 25.4. The number of nitrogens with one attached hydrogen (secondary N) is 2. The maximum absolute atomic E-state index is 13.1. The fraction of sp³-hybridized carbons (Fsp3) is 0.522. The number of rotatable bonds is 10. The number of amides is 2. The summed E-state index contributed by atoms with van der Waals surface area (Å²) in [6.07, 6.45) is 1.61. The van der Waals surface area contributed by atoms with Crippen molar-refractivity contribution in [3.63, 3.8) is 0 Å². The van der Waals surface area contributed by atoms with Gasteiger partial charge >= 0.3 is 12.0 Å². The standard InChI is InChI=1S/C23H32N6O6/c1-14(30)24-18(13-15-12-17(32-2)6-7-19(15)33-3)20(31)25-16-8-10-29(11-9-16)21-26-22(34-4)28-23(27-21)35-5/h6-7,12,16,18H,8-11,13H2,1-5H3,(H,24,30)(H,25,31)/t18-/m1/s1. The zero-order valence-corrected chi connectivity index (χ0v) is 20.7. The van der Waals surface area contributed by atoms with Gasteiger partial charge in [0.2, 0.25) is 17.8 Å². The van der Waals surface area contributed by atoms with Crippen molar-refractivity contribution in [3.8, 4) is 23.5 Å². The summed E-state index contributed by atoms with van der Waals surface area (Å²) in [7, 11) is 6.09. The Kier molecular flexibility index (Phi) is 8.87. The monoisotopic (exact) mass is 488 g/mol. The van der Waals surface area contributed by atoms with Crippen LogP contribution in [-0.2, 0) is 16.0 Å². The fourth-order valence-corrected chi connectivity index (χ4v) is 3.89. The van der Waals surface area contributed by atoms with E-state index >= 15 is 0 Å². The summed E-state index contributed by atoms with van der Waals surface area (Å²) in [4.78, 5) is 39.6. The van der Waals surface area contributed by atoms with Crippen molar-refractivity contribution < 1.29 is 28.5 Å². The minimum absolute atomic E-state index is 0.0622. The maximum Gasteiger partial charge on any atom is 0.324 e. The molecule has 190 valence electrons. The van der Waals surface area contributed by atoms with Gasteiger partial charge in [0.15, 0.2) is 0 Å². The van der Waals surface area contributed by atoms with Gasteiger partial charge < -0.3 is 34.5 Å². The summed E-state index contributed by atoms with van der Waals surface area (Å²) in [5.41, 5.74) is 0.758. The van der Waals surface area contributed by atoms with E-state index < -0.39 is 6.04 Å². The average Bonchev–Trinajstić information content (AvgIpc) is 2.87. The summed E-state index contributed by atoms with van der Waals surface area (Å²) >= 11 is 0. The van der Waals surface area contributed by atoms with E-state index in [0.717, 1.165) is 5.56 Å². The maximum atomic E-state index is 13.1. The van der Waals surface area contributed by atoms with Crippen molar-refractivity contribution in [2.45, 2.75) is 38.3 Å². The zero-order valence-electron chi connectivity index (χ0n) is 20.7. The number of anilines is 1. The van der Waals surface area contributed by atoms with Gasteiger partial charge in [0, 0.05) is 38.0 Å². The molecule has 2 heterocycles. The number of hydrogen-bond donors (Lipinski definition) is 2. The second-order valence-corrected chi connectivity index (χ2v) is 8.01. The van der Waals surface area contributed by atoms with E-state index in [2.05, 4.69) is 25.6 Å². The Morgan fingerprint density at radius 2 is 1.66 bits per heavy atom. The summed E-state index contributed by atoms with van der Waals surface area (Å²) in [6, 6.07) is 4.88. The molecule has 2 N–H and O–H groups in total. The number of hydrogen-bond acceptors (Lipinski definition) is 10. The van der Waals surface area contributed by atoms with Crippen LogP contribution in [0.4, 0.5) is 5.95 Å². The molecular weight excluding hydrogens is 456 g/mol. The molecule has 1 saturated heterocycles. The van der Waals surface area contributed by atoms with Crippen LogP contribution >= 0.6 is 0 Å². The Bertz CT molecular complexity index is 1010. The van der Waals surface area contributed by atoms with Crippen molar-refractivity contribution in [3.05, 3.63) is 23.8 Å². The summed E-state index contributed by atoms with van der Waals surface area (Å²) in [6.45, 7) is 2.63. The third-order valence-electron chi connectivity index (χ3n) is 5.68. The smallest absolute Gasteiger partial charge is 0.324 e. The van der Waals surface area contributed by atoms with E-state index in [1.807, 2.05) is 4.90 Å². The molecule has 0 bridgehead atoms. The predicted molar refractivity (Wildman–Crippen MR) is 127 cm³/mol. The Hall–Kier alpha value is -3.83. The molecule has 2 aromatic rings. The van der Waals surface area contributed by atoms with E-state index in [4.69, 9.17) is 18.9 Å². The van der Waals surface area contributed by atoms with Crippen molar-refractivity contribution in [1.82, 2.24) is 25.6 Å². The third-order valence-corrected chi connectivity index (χ3v) is 5.68. The summed E-state index contributed by atoms with van der Waals surface area (Å²) in [5.74, 6) is 1.17. The number of benzene rings is 1. The van der Waals surface area contributed by atoms with Gasteiger partial charge in [0.05, 0.1) is 28.4 Å². The topological polar surface area (TPSA) is 137 Å². The highest BCUT2D eigenvalue weighted by Gasteiger charge is 2.28. The van der Waals surface area contributed by atoms with Gasteiger partial charge in [-0.3, -0.25) is 9.59 Å². The molecule has 0 radical (unpaired) electrons. The molecule has 1 aliphatic heterocycles. The lowest BCUT2D eigenvalue weighted by Crippen LogP contribution is -2.52. The Balaban J connectivity index is 1.65. The third kappa shape index (κ3) is 6.84. The van der Waals surface area contributed by atoms with Crippen LogP contribution in [0.25, 0.3) is 0 Å². The van der Waals surface area contributed by atoms with Crippen LogP contribution in [0.3, 0.4) is 0 Å². The molecule has 12 heteroatoms. The first-order valence-corrected chi connectivity index (χ1v) is 11.2. The van der Waals surface area contributed by atoms with Gasteiger partial charge in [-0.2, -0.15) is 9.97 Å². The number of nitrogens with zero attached hydrogens (tertiary/aromatic N) is 4. The highest BCUT2D eigenvalue weighted by molar-refractivity contribution is 5.87. The van der Waals surface area contributed by atoms with Gasteiger partial charge in [-0.15, -0.1) is 4.98 Å². The van der Waals surface area contributed by atoms with Crippen LogP contribution in [0.5, 0.6) is 23.5 Å². The van der Waals surface area contributed by atoms with E-state index in [-0.39, 0.29) is 36.3 Å². The van der Waals surface area contributed by atoms with Crippen molar-refractivity contribution in [2.75, 3.05) is 46.4 Å².